The van der Waals surface area contributed by atoms with Crippen molar-refractivity contribution in [2.24, 2.45) is 5.73 Å². The molecule has 0 aliphatic carbocycles. The number of carbonyl (C=O) groups is 4. The van der Waals surface area contributed by atoms with E-state index < -0.39 is 48.1 Å². The molecule has 0 bridgehead atoms. The normalized spacial score (nSPS) is 13.3. The van der Waals surface area contributed by atoms with Crippen LogP contribution in [0.15, 0.2) is 0 Å². The number of carbonyl (C=O) groups excluding carboxylic acids is 1. The molecule has 0 aromatic carbocycles. The molecule has 0 radical (unpaired) electrons. The molecule has 0 rings (SSSR count). The topological polar surface area (TPSA) is 167 Å². The van der Waals surface area contributed by atoms with E-state index in [1.165, 1.54) is 0 Å². The van der Waals surface area contributed by atoms with Crippen LogP contribution in [0.1, 0.15) is 6.42 Å². The lowest BCUT2D eigenvalue weighted by molar-refractivity contribution is -0.142. The molecule has 0 saturated carbocycles. The van der Waals surface area contributed by atoms with Crippen LogP contribution in [-0.2, 0) is 19.2 Å². The standard InChI is InChI=1S/C9H14N2O7S/c10-4(8(16)11-2-7(14)15)3-19-5(9(17)18)1-6(12)13/h4-5H,1-3,10H2,(H,11,16)(H,12,13)(H,14,15)(H,17,18)/t4-,5?/m0/s1. The van der Waals surface area contributed by atoms with E-state index in [1.54, 1.807) is 0 Å². The first kappa shape index (κ1) is 17.2. The number of thioether (sulfide) groups is 1. The van der Waals surface area contributed by atoms with E-state index in [2.05, 4.69) is 0 Å². The van der Waals surface area contributed by atoms with E-state index in [4.69, 9.17) is 21.1 Å². The third-order valence-electron chi connectivity index (χ3n) is 1.86. The summed E-state index contributed by atoms with van der Waals surface area (Å²) >= 11 is 0.715. The Labute approximate surface area is 112 Å². The molecular formula is C9H14N2O7S. The van der Waals surface area contributed by atoms with Crippen molar-refractivity contribution in [2.75, 3.05) is 12.3 Å². The number of hydrogen-bond acceptors (Lipinski definition) is 6. The molecule has 0 spiro atoms. The van der Waals surface area contributed by atoms with Gasteiger partial charge in [0.1, 0.15) is 11.8 Å². The Bertz CT molecular complexity index is 374. The monoisotopic (exact) mass is 294 g/mol. The van der Waals surface area contributed by atoms with Gasteiger partial charge in [-0.3, -0.25) is 19.2 Å². The van der Waals surface area contributed by atoms with E-state index in [-0.39, 0.29) is 5.75 Å². The smallest absolute Gasteiger partial charge is 0.322 e. The Hall–Kier alpha value is -1.81. The van der Waals surface area contributed by atoms with Crippen LogP contribution in [0.25, 0.3) is 0 Å². The molecule has 1 amide bonds. The molecule has 9 nitrogen and oxygen atoms in total. The Morgan fingerprint density at radius 2 is 1.68 bits per heavy atom. The number of nitrogens with two attached hydrogens (primary N) is 1. The molecule has 1 unspecified atom stereocenters. The summed E-state index contributed by atoms with van der Waals surface area (Å²) in [4.78, 5) is 42.6. The summed E-state index contributed by atoms with van der Waals surface area (Å²) < 4.78 is 0. The molecule has 6 N–H and O–H groups in total. The summed E-state index contributed by atoms with van der Waals surface area (Å²) in [6, 6.07) is -1.11. The molecule has 108 valence electrons. The average Bonchev–Trinajstić information content (AvgIpc) is 2.29. The highest BCUT2D eigenvalue weighted by Crippen LogP contribution is 2.16. The Kier molecular flexibility index (Phi) is 7.53. The molecule has 2 atom stereocenters. The predicted octanol–water partition coefficient (Wildman–Crippen LogP) is -1.82. The first-order valence-corrected chi connectivity index (χ1v) is 6.10. The number of hydrogen-bond donors (Lipinski definition) is 5. The molecule has 0 fully saturated rings. The van der Waals surface area contributed by atoms with Crippen LogP contribution in [0.2, 0.25) is 0 Å². The fourth-order valence-electron chi connectivity index (χ4n) is 0.965. The zero-order valence-electron chi connectivity index (χ0n) is 9.74. The number of nitrogens with one attached hydrogen (secondary N) is 1. The zero-order chi connectivity index (χ0) is 15.0. The second-order valence-corrected chi connectivity index (χ2v) is 4.71. The van der Waals surface area contributed by atoms with E-state index in [1.807, 2.05) is 5.32 Å². The summed E-state index contributed by atoms with van der Waals surface area (Å²) in [5.74, 6) is -4.69. The summed E-state index contributed by atoms with van der Waals surface area (Å²) in [5, 5.41) is 26.4. The largest absolute Gasteiger partial charge is 0.481 e. The lowest BCUT2D eigenvalue weighted by Gasteiger charge is -2.14. The predicted molar refractivity (Wildman–Crippen MR) is 64.8 cm³/mol. The maximum absolute atomic E-state index is 11.3. The van der Waals surface area contributed by atoms with Crippen molar-refractivity contribution in [3.8, 4) is 0 Å². The van der Waals surface area contributed by atoms with Gasteiger partial charge in [0, 0.05) is 5.75 Å². The molecule has 0 aliphatic rings. The van der Waals surface area contributed by atoms with Crippen LogP contribution in [0, 0.1) is 0 Å². The van der Waals surface area contributed by atoms with Crippen molar-refractivity contribution < 1.29 is 34.5 Å². The van der Waals surface area contributed by atoms with Crippen molar-refractivity contribution in [3.63, 3.8) is 0 Å². The van der Waals surface area contributed by atoms with Gasteiger partial charge in [-0.15, -0.1) is 11.8 Å². The molecule has 19 heavy (non-hydrogen) atoms. The molecule has 0 aromatic heterocycles. The van der Waals surface area contributed by atoms with Crippen molar-refractivity contribution in [1.82, 2.24) is 5.32 Å². The summed E-state index contributed by atoms with van der Waals surface area (Å²) in [7, 11) is 0. The molecule has 10 heteroatoms. The maximum atomic E-state index is 11.3. The fraction of sp³-hybridized carbons (Fsp3) is 0.556. The van der Waals surface area contributed by atoms with Gasteiger partial charge in [-0.1, -0.05) is 0 Å². The molecule has 0 aliphatic heterocycles. The molecular weight excluding hydrogens is 280 g/mol. The van der Waals surface area contributed by atoms with Gasteiger partial charge in [-0.2, -0.15) is 0 Å². The van der Waals surface area contributed by atoms with E-state index in [9.17, 15) is 19.2 Å². The van der Waals surface area contributed by atoms with E-state index in [0.29, 0.717) is 11.8 Å². The third kappa shape index (κ3) is 8.00. The van der Waals surface area contributed by atoms with Crippen molar-refractivity contribution in [2.45, 2.75) is 17.7 Å². The van der Waals surface area contributed by atoms with Crippen molar-refractivity contribution in [1.29, 1.82) is 0 Å². The Morgan fingerprint density at radius 3 is 2.11 bits per heavy atom. The third-order valence-corrected chi connectivity index (χ3v) is 3.19. The van der Waals surface area contributed by atoms with Crippen LogP contribution in [0.5, 0.6) is 0 Å². The second kappa shape index (κ2) is 8.32. The van der Waals surface area contributed by atoms with Gasteiger partial charge in [0.15, 0.2) is 0 Å². The van der Waals surface area contributed by atoms with Gasteiger partial charge >= 0.3 is 17.9 Å². The Balaban J connectivity index is 4.20. The highest BCUT2D eigenvalue weighted by atomic mass is 32.2. The maximum Gasteiger partial charge on any atom is 0.322 e. The highest BCUT2D eigenvalue weighted by molar-refractivity contribution is 8.00. The number of rotatable bonds is 9. The molecule has 0 heterocycles. The molecule has 0 saturated heterocycles. The Morgan fingerprint density at radius 1 is 1.11 bits per heavy atom. The first-order chi connectivity index (χ1) is 8.73. The lowest BCUT2D eigenvalue weighted by atomic mass is 10.3. The van der Waals surface area contributed by atoms with Gasteiger partial charge in [0.25, 0.3) is 0 Å². The van der Waals surface area contributed by atoms with Crippen LogP contribution in [-0.4, -0.2) is 62.7 Å². The first-order valence-electron chi connectivity index (χ1n) is 5.05. The van der Waals surface area contributed by atoms with Crippen molar-refractivity contribution >= 4 is 35.6 Å². The van der Waals surface area contributed by atoms with Crippen LogP contribution in [0.4, 0.5) is 0 Å². The van der Waals surface area contributed by atoms with Gasteiger partial charge in [-0.05, 0) is 0 Å². The minimum Gasteiger partial charge on any atom is -0.481 e. The number of carboxylic acids is 3. The fourth-order valence-corrected chi connectivity index (χ4v) is 1.96. The quantitative estimate of drug-likeness (QED) is 0.328. The lowest BCUT2D eigenvalue weighted by Crippen LogP contribution is -2.44. The van der Waals surface area contributed by atoms with Gasteiger partial charge in [-0.25, -0.2) is 0 Å². The second-order valence-electron chi connectivity index (χ2n) is 3.48. The van der Waals surface area contributed by atoms with Crippen LogP contribution >= 0.6 is 11.8 Å². The number of amides is 1. The minimum atomic E-state index is -1.31. The zero-order valence-corrected chi connectivity index (χ0v) is 10.6. The van der Waals surface area contributed by atoms with Gasteiger partial charge < -0.3 is 26.4 Å². The average molecular weight is 294 g/mol. The van der Waals surface area contributed by atoms with Crippen LogP contribution in [0.3, 0.4) is 0 Å². The van der Waals surface area contributed by atoms with Gasteiger partial charge in [0.05, 0.1) is 12.5 Å². The SMILES string of the molecule is N[C@@H](CSC(CC(=O)O)C(=O)O)C(=O)NCC(=O)O. The van der Waals surface area contributed by atoms with Crippen molar-refractivity contribution in [3.05, 3.63) is 0 Å². The summed E-state index contributed by atoms with van der Waals surface area (Å²) in [6.07, 6.45) is -0.594. The highest BCUT2D eigenvalue weighted by Gasteiger charge is 2.24. The number of aliphatic carboxylic acids is 3. The van der Waals surface area contributed by atoms with E-state index >= 15 is 0 Å². The van der Waals surface area contributed by atoms with Gasteiger partial charge in [0.2, 0.25) is 5.91 Å². The summed E-state index contributed by atoms with van der Waals surface area (Å²) in [5.41, 5.74) is 5.42. The van der Waals surface area contributed by atoms with E-state index in [0.717, 1.165) is 0 Å². The van der Waals surface area contributed by atoms with Crippen LogP contribution < -0.4 is 11.1 Å². The minimum absolute atomic E-state index is 0.129. The number of carboxylic acid groups (broad SMARTS) is 3. The summed E-state index contributed by atoms with van der Waals surface area (Å²) in [6.45, 7) is -0.589. The molecule has 0 aromatic rings.